The van der Waals surface area contributed by atoms with Crippen LogP contribution in [-0.4, -0.2) is 60.4 Å². The predicted octanol–water partition coefficient (Wildman–Crippen LogP) is 2.59. The summed E-state index contributed by atoms with van der Waals surface area (Å²) in [7, 11) is -2.14. The number of amides is 2. The highest BCUT2D eigenvalue weighted by atomic mass is 32.2. The van der Waals surface area contributed by atoms with Gasteiger partial charge in [-0.05, 0) is 42.3 Å². The quantitative estimate of drug-likeness (QED) is 0.390. The predicted molar refractivity (Wildman–Crippen MR) is 141 cm³/mol. The van der Waals surface area contributed by atoms with E-state index >= 15 is 0 Å². The first-order chi connectivity index (χ1) is 17.7. The average Bonchev–Trinajstić information content (AvgIpc) is 2.90. The highest BCUT2D eigenvalue weighted by Crippen LogP contribution is 2.16. The maximum absolute atomic E-state index is 13.5. The molecule has 0 unspecified atom stereocenters. The number of rotatable bonds is 12. The Labute approximate surface area is 218 Å². The number of hydrogen-bond donors (Lipinski definition) is 1. The molecule has 37 heavy (non-hydrogen) atoms. The number of nitrogens with zero attached hydrogens (tertiary/aromatic N) is 3. The fourth-order valence-electron chi connectivity index (χ4n) is 3.66. The maximum Gasteiger partial charge on any atom is 0.242 e. The number of pyridine rings is 1. The molecule has 2 aromatic carbocycles. The molecule has 3 rings (SSSR count). The lowest BCUT2D eigenvalue weighted by atomic mass is 10.1. The summed E-state index contributed by atoms with van der Waals surface area (Å²) in [6.45, 7) is 1.59. The molecule has 0 saturated heterocycles. The van der Waals surface area contributed by atoms with Crippen LogP contribution >= 0.6 is 0 Å². The van der Waals surface area contributed by atoms with E-state index < -0.39 is 28.5 Å². The minimum absolute atomic E-state index is 0.0437. The van der Waals surface area contributed by atoms with Gasteiger partial charge in [-0.1, -0.05) is 48.5 Å². The van der Waals surface area contributed by atoms with Gasteiger partial charge in [-0.2, -0.15) is 4.31 Å². The fraction of sp³-hybridized carbons (Fsp3) is 0.296. The van der Waals surface area contributed by atoms with Crippen molar-refractivity contribution in [1.82, 2.24) is 19.5 Å². The second-order valence-electron chi connectivity index (χ2n) is 8.60. The lowest BCUT2D eigenvalue weighted by Gasteiger charge is -2.31. The number of aromatic nitrogens is 1. The van der Waals surface area contributed by atoms with Crippen molar-refractivity contribution in [3.63, 3.8) is 0 Å². The smallest absolute Gasteiger partial charge is 0.242 e. The van der Waals surface area contributed by atoms with Crippen molar-refractivity contribution in [3.8, 4) is 5.75 Å². The molecule has 10 heteroatoms. The van der Waals surface area contributed by atoms with E-state index in [0.717, 1.165) is 21.7 Å². The van der Waals surface area contributed by atoms with Crippen LogP contribution in [0.3, 0.4) is 0 Å². The van der Waals surface area contributed by atoms with Gasteiger partial charge in [-0.25, -0.2) is 8.42 Å². The zero-order chi connectivity index (χ0) is 26.8. The lowest BCUT2D eigenvalue weighted by molar-refractivity contribution is -0.140. The third-order valence-electron chi connectivity index (χ3n) is 5.83. The number of hydrogen-bond acceptors (Lipinski definition) is 6. The van der Waals surface area contributed by atoms with Crippen LogP contribution in [0.25, 0.3) is 0 Å². The van der Waals surface area contributed by atoms with Gasteiger partial charge in [-0.15, -0.1) is 0 Å². The van der Waals surface area contributed by atoms with Crippen molar-refractivity contribution in [1.29, 1.82) is 0 Å². The van der Waals surface area contributed by atoms with E-state index in [2.05, 4.69) is 10.3 Å². The zero-order valence-electron chi connectivity index (χ0n) is 21.2. The Morgan fingerprint density at radius 3 is 2.19 bits per heavy atom. The Morgan fingerprint density at radius 1 is 0.946 bits per heavy atom. The minimum atomic E-state index is -3.71. The van der Waals surface area contributed by atoms with E-state index in [1.807, 2.05) is 24.3 Å². The second-order valence-corrected chi connectivity index (χ2v) is 10.6. The van der Waals surface area contributed by atoms with Gasteiger partial charge in [0.15, 0.2) is 0 Å². The minimum Gasteiger partial charge on any atom is -0.497 e. The topological polar surface area (TPSA) is 109 Å². The Hall–Kier alpha value is -3.76. The first-order valence-corrected chi connectivity index (χ1v) is 13.6. The molecular weight excluding hydrogens is 492 g/mol. The molecule has 1 aromatic heterocycles. The number of benzene rings is 2. The average molecular weight is 525 g/mol. The summed E-state index contributed by atoms with van der Waals surface area (Å²) in [5, 5.41) is 2.81. The zero-order valence-corrected chi connectivity index (χ0v) is 22.0. The molecule has 0 bridgehead atoms. The van der Waals surface area contributed by atoms with Crippen molar-refractivity contribution in [2.75, 3.05) is 19.9 Å². The number of ether oxygens (including phenoxy) is 1. The standard InChI is InChI=1S/C27H32N4O5S/c1-21(27(33)29-17-24-11-7-8-16-28-24)31(19-23-12-14-25(36-2)15-13-23)26(32)20-30(37(3,34)35)18-22-9-5-4-6-10-22/h4-16,21H,17-20H2,1-3H3,(H,29,33)/t21-/m0/s1. The van der Waals surface area contributed by atoms with Gasteiger partial charge in [0, 0.05) is 19.3 Å². The SMILES string of the molecule is COc1ccc(CN(C(=O)CN(Cc2ccccc2)S(C)(=O)=O)[C@@H](C)C(=O)NCc2ccccn2)cc1. The highest BCUT2D eigenvalue weighted by Gasteiger charge is 2.30. The largest absolute Gasteiger partial charge is 0.497 e. The molecular formula is C27H32N4O5S. The molecule has 0 aliphatic rings. The van der Waals surface area contributed by atoms with Crippen LogP contribution in [0.5, 0.6) is 5.75 Å². The van der Waals surface area contributed by atoms with E-state index in [9.17, 15) is 18.0 Å². The van der Waals surface area contributed by atoms with Crippen molar-refractivity contribution in [2.45, 2.75) is 32.6 Å². The molecule has 1 N–H and O–H groups in total. The van der Waals surface area contributed by atoms with Gasteiger partial charge in [0.05, 0.1) is 32.1 Å². The van der Waals surface area contributed by atoms with Gasteiger partial charge < -0.3 is 15.0 Å². The first kappa shape index (κ1) is 27.8. The van der Waals surface area contributed by atoms with Crippen LogP contribution in [-0.2, 0) is 39.2 Å². The Morgan fingerprint density at radius 2 is 1.59 bits per heavy atom. The summed E-state index contributed by atoms with van der Waals surface area (Å²) in [6, 6.07) is 20.7. The molecule has 1 atom stereocenters. The van der Waals surface area contributed by atoms with Crippen LogP contribution in [0, 0.1) is 0 Å². The molecule has 0 saturated carbocycles. The summed E-state index contributed by atoms with van der Waals surface area (Å²) in [5.41, 5.74) is 2.21. The Balaban J connectivity index is 1.81. The molecule has 3 aromatic rings. The summed E-state index contributed by atoms with van der Waals surface area (Å²) in [5.74, 6) is -0.201. The monoisotopic (exact) mass is 524 g/mol. The molecule has 0 spiro atoms. The van der Waals surface area contributed by atoms with Crippen LogP contribution in [0.15, 0.2) is 79.0 Å². The van der Waals surface area contributed by atoms with Gasteiger partial charge in [0.1, 0.15) is 11.8 Å². The van der Waals surface area contributed by atoms with Crippen LogP contribution < -0.4 is 10.1 Å². The molecule has 0 fully saturated rings. The van der Waals surface area contributed by atoms with Gasteiger partial charge in [-0.3, -0.25) is 14.6 Å². The first-order valence-electron chi connectivity index (χ1n) is 11.8. The Kier molecular flexibility index (Phi) is 9.76. The number of carbonyl (C=O) groups excluding carboxylic acids is 2. The molecule has 1 heterocycles. The number of methoxy groups -OCH3 is 1. The maximum atomic E-state index is 13.5. The van der Waals surface area contributed by atoms with Gasteiger partial charge >= 0.3 is 0 Å². The molecule has 0 aliphatic carbocycles. The van der Waals surface area contributed by atoms with Crippen molar-refractivity contribution in [3.05, 3.63) is 95.8 Å². The van der Waals surface area contributed by atoms with Crippen LogP contribution in [0.2, 0.25) is 0 Å². The Bertz CT molecular complexity index is 1270. The van der Waals surface area contributed by atoms with E-state index in [1.54, 1.807) is 68.8 Å². The van der Waals surface area contributed by atoms with E-state index in [0.29, 0.717) is 11.4 Å². The van der Waals surface area contributed by atoms with Crippen LogP contribution in [0.4, 0.5) is 0 Å². The molecule has 0 aliphatic heterocycles. The lowest BCUT2D eigenvalue weighted by Crippen LogP contribution is -2.50. The van der Waals surface area contributed by atoms with Crippen molar-refractivity contribution >= 4 is 21.8 Å². The third kappa shape index (κ3) is 8.40. The van der Waals surface area contributed by atoms with E-state index in [1.165, 1.54) is 4.90 Å². The molecule has 2 amide bonds. The summed E-state index contributed by atoms with van der Waals surface area (Å²) >= 11 is 0. The van der Waals surface area contributed by atoms with Crippen LogP contribution in [0.1, 0.15) is 23.7 Å². The van der Waals surface area contributed by atoms with Crippen molar-refractivity contribution in [2.24, 2.45) is 0 Å². The number of nitrogens with one attached hydrogen (secondary N) is 1. The second kappa shape index (κ2) is 13.0. The molecule has 196 valence electrons. The summed E-state index contributed by atoms with van der Waals surface area (Å²) in [4.78, 5) is 32.2. The third-order valence-corrected chi connectivity index (χ3v) is 7.03. The van der Waals surface area contributed by atoms with E-state index in [-0.39, 0.29) is 25.5 Å². The number of carbonyl (C=O) groups is 2. The molecule has 0 radical (unpaired) electrons. The number of sulfonamides is 1. The van der Waals surface area contributed by atoms with Gasteiger partial charge in [0.25, 0.3) is 0 Å². The summed E-state index contributed by atoms with van der Waals surface area (Å²) in [6.07, 6.45) is 2.71. The normalized spacial score (nSPS) is 12.1. The summed E-state index contributed by atoms with van der Waals surface area (Å²) < 4.78 is 31.4. The van der Waals surface area contributed by atoms with E-state index in [4.69, 9.17) is 4.74 Å². The molecule has 9 nitrogen and oxygen atoms in total. The van der Waals surface area contributed by atoms with Crippen molar-refractivity contribution < 1.29 is 22.7 Å². The highest BCUT2D eigenvalue weighted by molar-refractivity contribution is 7.88. The van der Waals surface area contributed by atoms with Gasteiger partial charge in [0.2, 0.25) is 21.8 Å². The fourth-order valence-corrected chi connectivity index (χ4v) is 4.39.